The van der Waals surface area contributed by atoms with E-state index in [0.29, 0.717) is 19.6 Å². The van der Waals surface area contributed by atoms with Crippen LogP contribution < -0.4 is 5.32 Å². The van der Waals surface area contributed by atoms with Crippen LogP contribution in [0.1, 0.15) is 5.56 Å². The number of carbonyl (C=O) groups excluding carboxylic acids is 2. The molecule has 0 radical (unpaired) electrons. The van der Waals surface area contributed by atoms with Gasteiger partial charge in [-0.05, 0) is 17.7 Å². The van der Waals surface area contributed by atoms with Gasteiger partial charge in [0.1, 0.15) is 0 Å². The molecular formula is C17H23ClN4O2. The molecule has 2 saturated heterocycles. The Labute approximate surface area is 147 Å². The Morgan fingerprint density at radius 2 is 1.88 bits per heavy atom. The molecule has 0 saturated carbocycles. The van der Waals surface area contributed by atoms with E-state index in [1.165, 1.54) is 5.56 Å². The zero-order chi connectivity index (χ0) is 16.9. The number of carbonyl (C=O) groups is 2. The number of nitrogens with one attached hydrogen (secondary N) is 1. The van der Waals surface area contributed by atoms with Crippen LogP contribution in [-0.4, -0.2) is 78.9 Å². The standard InChI is InChI=1S/C17H23ClN4O2/c18-15-3-1-2-14(10-15)11-20-6-8-21(9-7-20)13-17(24)22-5-4-19-16(23)12-22/h1-3,10H,4-9,11-13H2,(H,19,23). The number of rotatable bonds is 4. The first-order valence-corrected chi connectivity index (χ1v) is 8.71. The number of hydrogen-bond donors (Lipinski definition) is 1. The van der Waals surface area contributed by atoms with Gasteiger partial charge in [-0.1, -0.05) is 23.7 Å². The first kappa shape index (κ1) is 17.2. The van der Waals surface area contributed by atoms with Crippen LogP contribution in [0.4, 0.5) is 0 Å². The summed E-state index contributed by atoms with van der Waals surface area (Å²) >= 11 is 6.03. The third-order valence-corrected chi connectivity index (χ3v) is 4.75. The van der Waals surface area contributed by atoms with Crippen LogP contribution in [0.3, 0.4) is 0 Å². The molecule has 24 heavy (non-hydrogen) atoms. The van der Waals surface area contributed by atoms with Gasteiger partial charge in [0.2, 0.25) is 11.8 Å². The SMILES string of the molecule is O=C1CN(C(=O)CN2CCN(Cc3cccc(Cl)c3)CC2)CCN1. The van der Waals surface area contributed by atoms with Crippen molar-refractivity contribution in [2.24, 2.45) is 0 Å². The first-order chi connectivity index (χ1) is 11.6. The molecule has 0 spiro atoms. The Bertz CT molecular complexity index is 602. The monoisotopic (exact) mass is 350 g/mol. The third kappa shape index (κ3) is 4.69. The molecule has 2 aliphatic rings. The van der Waals surface area contributed by atoms with E-state index in [4.69, 9.17) is 11.6 Å². The molecule has 3 rings (SSSR count). The molecule has 0 unspecified atom stereocenters. The van der Waals surface area contributed by atoms with E-state index in [0.717, 1.165) is 37.7 Å². The number of hydrogen-bond acceptors (Lipinski definition) is 4. The highest BCUT2D eigenvalue weighted by Gasteiger charge is 2.24. The van der Waals surface area contributed by atoms with Crippen molar-refractivity contribution in [3.63, 3.8) is 0 Å². The van der Waals surface area contributed by atoms with E-state index in [1.54, 1.807) is 4.90 Å². The summed E-state index contributed by atoms with van der Waals surface area (Å²) < 4.78 is 0. The number of nitrogens with zero attached hydrogens (tertiary/aromatic N) is 3. The second-order valence-corrected chi connectivity index (χ2v) is 6.78. The minimum absolute atomic E-state index is 0.0492. The van der Waals surface area contributed by atoms with Crippen molar-refractivity contribution in [1.29, 1.82) is 0 Å². The lowest BCUT2D eigenvalue weighted by Crippen LogP contribution is -2.54. The van der Waals surface area contributed by atoms with E-state index in [9.17, 15) is 9.59 Å². The average Bonchev–Trinajstić information content (AvgIpc) is 2.57. The van der Waals surface area contributed by atoms with E-state index in [1.807, 2.05) is 18.2 Å². The molecule has 1 aromatic carbocycles. The van der Waals surface area contributed by atoms with E-state index in [-0.39, 0.29) is 18.4 Å². The van der Waals surface area contributed by atoms with Gasteiger partial charge in [0.05, 0.1) is 13.1 Å². The fraction of sp³-hybridized carbons (Fsp3) is 0.529. The van der Waals surface area contributed by atoms with Crippen LogP contribution in [0.5, 0.6) is 0 Å². The van der Waals surface area contributed by atoms with Crippen molar-refractivity contribution in [3.05, 3.63) is 34.9 Å². The first-order valence-electron chi connectivity index (χ1n) is 8.34. The second-order valence-electron chi connectivity index (χ2n) is 6.35. The van der Waals surface area contributed by atoms with Crippen molar-refractivity contribution in [2.45, 2.75) is 6.54 Å². The summed E-state index contributed by atoms with van der Waals surface area (Å²) in [5, 5.41) is 3.51. The lowest BCUT2D eigenvalue weighted by Gasteiger charge is -2.36. The van der Waals surface area contributed by atoms with Crippen LogP contribution in [0.2, 0.25) is 5.02 Å². The van der Waals surface area contributed by atoms with Gasteiger partial charge in [-0.25, -0.2) is 0 Å². The summed E-state index contributed by atoms with van der Waals surface area (Å²) in [6, 6.07) is 7.94. The lowest BCUT2D eigenvalue weighted by atomic mass is 10.2. The highest BCUT2D eigenvalue weighted by molar-refractivity contribution is 6.30. The van der Waals surface area contributed by atoms with Gasteiger partial charge in [-0.2, -0.15) is 0 Å². The van der Waals surface area contributed by atoms with Gasteiger partial charge >= 0.3 is 0 Å². The molecule has 1 aromatic rings. The number of benzene rings is 1. The Kier molecular flexibility index (Phi) is 5.71. The molecule has 1 N–H and O–H groups in total. The fourth-order valence-electron chi connectivity index (χ4n) is 3.14. The third-order valence-electron chi connectivity index (χ3n) is 4.51. The Balaban J connectivity index is 1.43. The second kappa shape index (κ2) is 7.96. The quantitative estimate of drug-likeness (QED) is 0.855. The Morgan fingerprint density at radius 1 is 1.12 bits per heavy atom. The Morgan fingerprint density at radius 3 is 2.58 bits per heavy atom. The van der Waals surface area contributed by atoms with Crippen molar-refractivity contribution < 1.29 is 9.59 Å². The molecule has 0 aromatic heterocycles. The van der Waals surface area contributed by atoms with Gasteiger partial charge in [0.25, 0.3) is 0 Å². The zero-order valence-electron chi connectivity index (χ0n) is 13.7. The minimum atomic E-state index is -0.0686. The number of halogens is 1. The van der Waals surface area contributed by atoms with Gasteiger partial charge in [0.15, 0.2) is 0 Å². The molecule has 6 nitrogen and oxygen atoms in total. The normalized spacial score (nSPS) is 20.0. The van der Waals surface area contributed by atoms with Crippen LogP contribution in [-0.2, 0) is 16.1 Å². The predicted octanol–water partition coefficient (Wildman–Crippen LogP) is 0.416. The fourth-order valence-corrected chi connectivity index (χ4v) is 3.35. The summed E-state index contributed by atoms with van der Waals surface area (Å²) in [6.45, 7) is 6.23. The lowest BCUT2D eigenvalue weighted by molar-refractivity contribution is -0.139. The maximum atomic E-state index is 12.3. The zero-order valence-corrected chi connectivity index (χ0v) is 14.5. The molecule has 130 valence electrons. The molecule has 7 heteroatoms. The summed E-state index contributed by atoms with van der Waals surface area (Å²) in [5.41, 5.74) is 1.21. The summed E-state index contributed by atoms with van der Waals surface area (Å²) in [7, 11) is 0. The van der Waals surface area contributed by atoms with Crippen molar-refractivity contribution in [2.75, 3.05) is 52.4 Å². The van der Waals surface area contributed by atoms with Crippen molar-refractivity contribution in [1.82, 2.24) is 20.0 Å². The highest BCUT2D eigenvalue weighted by atomic mass is 35.5. The molecular weight excluding hydrogens is 328 g/mol. The average molecular weight is 351 g/mol. The molecule has 0 aliphatic carbocycles. The Hall–Kier alpha value is -1.63. The van der Waals surface area contributed by atoms with Crippen LogP contribution in [0, 0.1) is 0 Å². The molecule has 2 aliphatic heterocycles. The van der Waals surface area contributed by atoms with Gasteiger partial charge in [-0.3, -0.25) is 19.4 Å². The highest BCUT2D eigenvalue weighted by Crippen LogP contribution is 2.14. The van der Waals surface area contributed by atoms with Gasteiger partial charge in [-0.15, -0.1) is 0 Å². The van der Waals surface area contributed by atoms with Gasteiger partial charge < -0.3 is 10.2 Å². The summed E-state index contributed by atoms with van der Waals surface area (Å²) in [6.07, 6.45) is 0. The predicted molar refractivity (Wildman–Crippen MR) is 92.8 cm³/mol. The molecule has 0 atom stereocenters. The molecule has 2 amide bonds. The molecule has 2 fully saturated rings. The van der Waals surface area contributed by atoms with Gasteiger partial charge in [0, 0.05) is 50.8 Å². The van der Waals surface area contributed by atoms with E-state index >= 15 is 0 Å². The topological polar surface area (TPSA) is 55.9 Å². The molecule has 0 bridgehead atoms. The van der Waals surface area contributed by atoms with Crippen molar-refractivity contribution in [3.8, 4) is 0 Å². The maximum absolute atomic E-state index is 12.3. The minimum Gasteiger partial charge on any atom is -0.353 e. The van der Waals surface area contributed by atoms with E-state index < -0.39 is 0 Å². The smallest absolute Gasteiger partial charge is 0.239 e. The maximum Gasteiger partial charge on any atom is 0.239 e. The van der Waals surface area contributed by atoms with Crippen molar-refractivity contribution >= 4 is 23.4 Å². The largest absolute Gasteiger partial charge is 0.353 e. The number of piperazine rings is 2. The van der Waals surface area contributed by atoms with Crippen LogP contribution in [0.15, 0.2) is 24.3 Å². The van der Waals surface area contributed by atoms with E-state index in [2.05, 4.69) is 21.2 Å². The number of amides is 2. The van der Waals surface area contributed by atoms with Crippen LogP contribution in [0.25, 0.3) is 0 Å². The van der Waals surface area contributed by atoms with Crippen LogP contribution >= 0.6 is 11.6 Å². The molecule has 2 heterocycles. The summed E-state index contributed by atoms with van der Waals surface area (Å²) in [5.74, 6) is -0.0194. The summed E-state index contributed by atoms with van der Waals surface area (Å²) in [4.78, 5) is 29.9.